The molecular formula is C23H16NO4-. The topological polar surface area (TPSA) is 86.3 Å². The van der Waals surface area contributed by atoms with E-state index in [1.165, 1.54) is 30.3 Å². The van der Waals surface area contributed by atoms with Crippen molar-refractivity contribution in [1.29, 1.82) is 0 Å². The van der Waals surface area contributed by atoms with E-state index in [0.717, 1.165) is 0 Å². The van der Waals surface area contributed by atoms with Crippen LogP contribution in [0.25, 0.3) is 6.08 Å². The third kappa shape index (κ3) is 4.59. The molecule has 0 spiro atoms. The Bertz CT molecular complexity index is 1020. The summed E-state index contributed by atoms with van der Waals surface area (Å²) in [6.45, 7) is 0. The average Bonchev–Trinajstić information content (AvgIpc) is 2.73. The fraction of sp³-hybridized carbons (Fsp3) is 0. The van der Waals surface area contributed by atoms with Crippen molar-refractivity contribution in [2.75, 3.05) is 5.32 Å². The summed E-state index contributed by atoms with van der Waals surface area (Å²) in [6, 6.07) is 23.0. The Morgan fingerprint density at radius 2 is 1.29 bits per heavy atom. The Balaban J connectivity index is 1.97. The van der Waals surface area contributed by atoms with Gasteiger partial charge in [0.25, 0.3) is 5.91 Å². The second kappa shape index (κ2) is 8.60. The number of carbonyl (C=O) groups excluding carboxylic acids is 3. The molecule has 3 aromatic rings. The first-order valence-corrected chi connectivity index (χ1v) is 8.54. The summed E-state index contributed by atoms with van der Waals surface area (Å²) in [7, 11) is 0. The zero-order chi connectivity index (χ0) is 19.9. The normalized spacial score (nSPS) is 10.9. The van der Waals surface area contributed by atoms with Crippen molar-refractivity contribution in [3.63, 3.8) is 0 Å². The molecule has 0 radical (unpaired) electrons. The largest absolute Gasteiger partial charge is 0.545 e. The molecule has 0 fully saturated rings. The zero-order valence-corrected chi connectivity index (χ0v) is 14.8. The van der Waals surface area contributed by atoms with Crippen LogP contribution in [-0.4, -0.2) is 17.7 Å². The maximum Gasteiger partial charge on any atom is 0.259 e. The van der Waals surface area contributed by atoms with Crippen molar-refractivity contribution < 1.29 is 19.5 Å². The molecule has 0 bridgehead atoms. The van der Waals surface area contributed by atoms with Gasteiger partial charge in [0.15, 0.2) is 5.78 Å². The molecule has 0 aliphatic rings. The van der Waals surface area contributed by atoms with Crippen LogP contribution in [0.1, 0.15) is 26.3 Å². The number of ketones is 1. The summed E-state index contributed by atoms with van der Waals surface area (Å²) in [5, 5.41) is 13.6. The van der Waals surface area contributed by atoms with Crippen LogP contribution in [0.15, 0.2) is 90.5 Å². The molecule has 0 heterocycles. The number of aromatic carboxylic acids is 1. The molecule has 0 aliphatic heterocycles. The van der Waals surface area contributed by atoms with Crippen LogP contribution in [0.4, 0.5) is 5.69 Å². The lowest BCUT2D eigenvalue weighted by atomic mass is 9.99. The third-order valence-corrected chi connectivity index (χ3v) is 4.01. The van der Waals surface area contributed by atoms with E-state index in [9.17, 15) is 19.5 Å². The van der Waals surface area contributed by atoms with Gasteiger partial charge in [-0.05, 0) is 29.3 Å². The maximum atomic E-state index is 12.9. The van der Waals surface area contributed by atoms with Gasteiger partial charge in [-0.25, -0.2) is 0 Å². The van der Waals surface area contributed by atoms with Gasteiger partial charge >= 0.3 is 0 Å². The van der Waals surface area contributed by atoms with Gasteiger partial charge in [-0.1, -0.05) is 72.8 Å². The van der Waals surface area contributed by atoms with Crippen molar-refractivity contribution >= 4 is 29.4 Å². The van der Waals surface area contributed by atoms with E-state index in [1.807, 2.05) is 6.07 Å². The van der Waals surface area contributed by atoms with Crippen LogP contribution in [0.2, 0.25) is 0 Å². The summed E-state index contributed by atoms with van der Waals surface area (Å²) >= 11 is 0. The molecule has 28 heavy (non-hydrogen) atoms. The van der Waals surface area contributed by atoms with Crippen LogP contribution in [-0.2, 0) is 4.79 Å². The van der Waals surface area contributed by atoms with Gasteiger partial charge in [0, 0.05) is 11.3 Å². The summed E-state index contributed by atoms with van der Waals surface area (Å²) in [5.41, 5.74) is 1.42. The number of Topliss-reactive ketones (excluding diaryl/α,β-unsaturated/α-hetero) is 1. The molecule has 1 N–H and O–H groups in total. The van der Waals surface area contributed by atoms with Gasteiger partial charge in [-0.15, -0.1) is 0 Å². The van der Waals surface area contributed by atoms with Crippen LogP contribution >= 0.6 is 0 Å². The first kappa shape index (κ1) is 18.8. The Hall–Kier alpha value is -3.99. The predicted octanol–water partition coefficient (Wildman–Crippen LogP) is 2.96. The number of benzene rings is 3. The summed E-state index contributed by atoms with van der Waals surface area (Å²) in [6.07, 6.45) is 1.44. The van der Waals surface area contributed by atoms with Crippen molar-refractivity contribution in [2.24, 2.45) is 0 Å². The predicted molar refractivity (Wildman–Crippen MR) is 105 cm³/mol. The molecule has 0 atom stereocenters. The number of hydrogen-bond donors (Lipinski definition) is 1. The Labute approximate surface area is 162 Å². The van der Waals surface area contributed by atoms with Crippen molar-refractivity contribution in [3.05, 3.63) is 107 Å². The molecule has 5 nitrogen and oxygen atoms in total. The van der Waals surface area contributed by atoms with E-state index in [-0.39, 0.29) is 11.1 Å². The number of nitrogens with one attached hydrogen (secondary N) is 1. The van der Waals surface area contributed by atoms with Gasteiger partial charge < -0.3 is 15.2 Å². The van der Waals surface area contributed by atoms with Crippen molar-refractivity contribution in [3.8, 4) is 0 Å². The summed E-state index contributed by atoms with van der Waals surface area (Å²) in [5.74, 6) is -2.28. The minimum atomic E-state index is -1.29. The van der Waals surface area contributed by atoms with Crippen LogP contribution < -0.4 is 10.4 Å². The van der Waals surface area contributed by atoms with Crippen LogP contribution in [0.5, 0.6) is 0 Å². The molecule has 5 heteroatoms. The lowest BCUT2D eigenvalue weighted by molar-refractivity contribution is -0.255. The molecule has 138 valence electrons. The van der Waals surface area contributed by atoms with E-state index >= 15 is 0 Å². The molecule has 0 unspecified atom stereocenters. The lowest BCUT2D eigenvalue weighted by Gasteiger charge is -2.09. The summed E-state index contributed by atoms with van der Waals surface area (Å²) in [4.78, 5) is 36.6. The molecule has 0 aliphatic carbocycles. The second-order valence-corrected chi connectivity index (χ2v) is 5.98. The number of carboxylic acids is 1. The molecule has 1 amide bonds. The van der Waals surface area contributed by atoms with Crippen LogP contribution in [0.3, 0.4) is 0 Å². The minimum Gasteiger partial charge on any atom is -0.545 e. The van der Waals surface area contributed by atoms with E-state index in [4.69, 9.17) is 0 Å². The van der Waals surface area contributed by atoms with E-state index < -0.39 is 17.7 Å². The molecule has 0 aromatic heterocycles. The standard InChI is InChI=1S/C23H17NO4/c25-21(17-7-3-1-4-8-17)20(22(26)24-19-9-5-2-6-10-19)15-16-11-13-18(14-12-16)23(27)28/h1-15H,(H,24,26)(H,27,28)/p-1/b20-15+. The smallest absolute Gasteiger partial charge is 0.259 e. The fourth-order valence-corrected chi connectivity index (χ4v) is 2.58. The molecule has 3 rings (SSSR count). The zero-order valence-electron chi connectivity index (χ0n) is 14.8. The highest BCUT2D eigenvalue weighted by Crippen LogP contribution is 2.16. The first-order valence-electron chi connectivity index (χ1n) is 8.54. The molecule has 3 aromatic carbocycles. The maximum absolute atomic E-state index is 12.9. The van der Waals surface area contributed by atoms with Gasteiger partial charge in [-0.3, -0.25) is 9.59 Å². The van der Waals surface area contributed by atoms with Crippen molar-refractivity contribution in [2.45, 2.75) is 0 Å². The quantitative estimate of drug-likeness (QED) is 0.313. The number of carbonyl (C=O) groups is 3. The van der Waals surface area contributed by atoms with Gasteiger partial charge in [0.1, 0.15) is 0 Å². The number of anilines is 1. The number of rotatable bonds is 6. The highest BCUT2D eigenvalue weighted by atomic mass is 16.4. The number of amides is 1. The van der Waals surface area contributed by atoms with Crippen LogP contribution in [0, 0.1) is 0 Å². The van der Waals surface area contributed by atoms with E-state index in [0.29, 0.717) is 16.8 Å². The van der Waals surface area contributed by atoms with E-state index in [1.54, 1.807) is 54.6 Å². The summed E-state index contributed by atoms with van der Waals surface area (Å²) < 4.78 is 0. The highest BCUT2D eigenvalue weighted by Gasteiger charge is 2.20. The SMILES string of the molecule is O=C(Nc1ccccc1)/C(=C/c1ccc(C(=O)[O-])cc1)C(=O)c1ccccc1. The average molecular weight is 370 g/mol. The lowest BCUT2D eigenvalue weighted by Crippen LogP contribution is -2.22. The fourth-order valence-electron chi connectivity index (χ4n) is 2.58. The second-order valence-electron chi connectivity index (χ2n) is 5.98. The number of hydrogen-bond acceptors (Lipinski definition) is 4. The molecular weight excluding hydrogens is 354 g/mol. The molecule has 0 saturated heterocycles. The monoisotopic (exact) mass is 370 g/mol. The van der Waals surface area contributed by atoms with Gasteiger partial charge in [-0.2, -0.15) is 0 Å². The number of para-hydroxylation sites is 1. The first-order chi connectivity index (χ1) is 13.5. The van der Waals surface area contributed by atoms with Gasteiger partial charge in [0.2, 0.25) is 0 Å². The number of carboxylic acid groups (broad SMARTS) is 1. The third-order valence-electron chi connectivity index (χ3n) is 4.01. The Morgan fingerprint density at radius 1 is 0.714 bits per heavy atom. The Kier molecular flexibility index (Phi) is 5.77. The van der Waals surface area contributed by atoms with E-state index in [2.05, 4.69) is 5.32 Å². The highest BCUT2D eigenvalue weighted by molar-refractivity contribution is 6.31. The minimum absolute atomic E-state index is 0.0156. The van der Waals surface area contributed by atoms with Crippen molar-refractivity contribution in [1.82, 2.24) is 0 Å². The molecule has 0 saturated carbocycles. The Morgan fingerprint density at radius 3 is 1.86 bits per heavy atom. The van der Waals surface area contributed by atoms with Gasteiger partial charge in [0.05, 0.1) is 11.5 Å².